The van der Waals surface area contributed by atoms with Gasteiger partial charge in [0, 0.05) is 23.3 Å². The molecule has 0 fully saturated rings. The molecule has 1 aromatic carbocycles. The van der Waals surface area contributed by atoms with E-state index in [1.54, 1.807) is 0 Å². The smallest absolute Gasteiger partial charge is 0.0480 e. The van der Waals surface area contributed by atoms with Crippen molar-refractivity contribution in [2.45, 2.75) is 32.2 Å². The van der Waals surface area contributed by atoms with Crippen LogP contribution in [-0.4, -0.2) is 12.1 Å². The van der Waals surface area contributed by atoms with E-state index in [-0.39, 0.29) is 5.54 Å². The number of para-hydroxylation sites is 1. The van der Waals surface area contributed by atoms with Gasteiger partial charge in [0.2, 0.25) is 0 Å². The topological polar surface area (TPSA) is 3.24 Å². The van der Waals surface area contributed by atoms with E-state index in [2.05, 4.69) is 43.5 Å². The molecule has 3 rings (SSSR count). The predicted octanol–water partition coefficient (Wildman–Crippen LogP) is 3.24. The van der Waals surface area contributed by atoms with Crippen molar-refractivity contribution in [2.75, 3.05) is 11.4 Å². The number of nitrogens with zero attached hydrogens (tertiary/aromatic N) is 1. The van der Waals surface area contributed by atoms with E-state index in [0.717, 1.165) is 6.42 Å². The maximum atomic E-state index is 4.23. The molecule has 0 saturated carbocycles. The van der Waals surface area contributed by atoms with Crippen LogP contribution in [0, 0.1) is 0 Å². The Morgan fingerprint density at radius 1 is 1.33 bits per heavy atom. The Morgan fingerprint density at radius 2 is 2.13 bits per heavy atom. The Bertz CT molecular complexity index is 443. The van der Waals surface area contributed by atoms with Crippen LogP contribution in [0.2, 0.25) is 0 Å². The molecule has 0 saturated heterocycles. The highest BCUT2D eigenvalue weighted by atomic mass is 15.2. The maximum absolute atomic E-state index is 4.23. The minimum atomic E-state index is 0.247. The molecule has 0 bridgehead atoms. The lowest BCUT2D eigenvalue weighted by Gasteiger charge is -2.43. The summed E-state index contributed by atoms with van der Waals surface area (Å²) < 4.78 is 0. The summed E-state index contributed by atoms with van der Waals surface area (Å²) in [6.45, 7) is 10.0. The molecule has 15 heavy (non-hydrogen) atoms. The molecule has 0 aromatic heterocycles. The summed E-state index contributed by atoms with van der Waals surface area (Å²) in [6, 6.07) is 6.64. The van der Waals surface area contributed by atoms with Crippen LogP contribution in [-0.2, 0) is 6.42 Å². The second-order valence-corrected chi connectivity index (χ2v) is 5.31. The van der Waals surface area contributed by atoms with Gasteiger partial charge in [0.1, 0.15) is 0 Å². The Hall–Kier alpha value is -1.24. The Kier molecular flexibility index (Phi) is 1.60. The number of anilines is 1. The van der Waals surface area contributed by atoms with Crippen LogP contribution in [0.5, 0.6) is 0 Å². The summed E-state index contributed by atoms with van der Waals surface area (Å²) in [7, 11) is 0. The number of hydrogen-bond donors (Lipinski definition) is 0. The molecule has 0 atom stereocenters. The molecule has 2 heterocycles. The van der Waals surface area contributed by atoms with Gasteiger partial charge in [-0.3, -0.25) is 0 Å². The first-order valence-corrected chi connectivity index (χ1v) is 5.67. The molecule has 2 aliphatic heterocycles. The molecule has 0 N–H and O–H groups in total. The zero-order valence-electron chi connectivity index (χ0n) is 9.51. The van der Waals surface area contributed by atoms with Crippen LogP contribution < -0.4 is 4.90 Å². The monoisotopic (exact) mass is 199 g/mol. The maximum Gasteiger partial charge on any atom is 0.0480 e. The third-order valence-corrected chi connectivity index (χ3v) is 3.75. The summed E-state index contributed by atoms with van der Waals surface area (Å²) in [5.41, 5.74) is 5.89. The van der Waals surface area contributed by atoms with Crippen molar-refractivity contribution in [1.29, 1.82) is 0 Å². The fourth-order valence-electron chi connectivity index (χ4n) is 3.06. The standard InChI is InChI=1S/C14H17N/c1-10-9-14(2,3)15-8-7-11-5-4-6-12(10)13(11)15/h4-6H,1,7-9H2,2-3H3. The van der Waals surface area contributed by atoms with Crippen LogP contribution in [0.15, 0.2) is 24.8 Å². The second-order valence-electron chi connectivity index (χ2n) is 5.31. The Balaban J connectivity index is 2.27. The van der Waals surface area contributed by atoms with Gasteiger partial charge in [0.15, 0.2) is 0 Å². The molecule has 78 valence electrons. The largest absolute Gasteiger partial charge is 0.365 e. The van der Waals surface area contributed by atoms with Gasteiger partial charge in [-0.25, -0.2) is 0 Å². The molecule has 0 aliphatic carbocycles. The summed E-state index contributed by atoms with van der Waals surface area (Å²) in [6.07, 6.45) is 2.28. The highest BCUT2D eigenvalue weighted by Gasteiger charge is 2.38. The first-order valence-electron chi connectivity index (χ1n) is 5.67. The van der Waals surface area contributed by atoms with Gasteiger partial charge in [-0.1, -0.05) is 24.8 Å². The van der Waals surface area contributed by atoms with Gasteiger partial charge in [-0.2, -0.15) is 0 Å². The first kappa shape index (κ1) is 9.02. The molecule has 1 aromatic rings. The van der Waals surface area contributed by atoms with Crippen LogP contribution >= 0.6 is 0 Å². The van der Waals surface area contributed by atoms with E-state index in [1.165, 1.54) is 35.4 Å². The average molecular weight is 199 g/mol. The van der Waals surface area contributed by atoms with Crippen LogP contribution in [0.4, 0.5) is 5.69 Å². The van der Waals surface area contributed by atoms with Crippen molar-refractivity contribution in [2.24, 2.45) is 0 Å². The number of hydrogen-bond acceptors (Lipinski definition) is 1. The zero-order valence-corrected chi connectivity index (χ0v) is 9.51. The third kappa shape index (κ3) is 1.09. The Labute approximate surface area is 91.4 Å². The molecular weight excluding hydrogens is 182 g/mol. The number of rotatable bonds is 0. The summed E-state index contributed by atoms with van der Waals surface area (Å²) in [5.74, 6) is 0. The highest BCUT2D eigenvalue weighted by molar-refractivity contribution is 5.83. The summed E-state index contributed by atoms with van der Waals surface area (Å²) >= 11 is 0. The second kappa shape index (κ2) is 2.66. The highest BCUT2D eigenvalue weighted by Crippen LogP contribution is 2.46. The summed E-state index contributed by atoms with van der Waals surface area (Å²) in [5, 5.41) is 0. The fourth-order valence-corrected chi connectivity index (χ4v) is 3.06. The molecular formula is C14H17N. The van der Waals surface area contributed by atoms with E-state index in [9.17, 15) is 0 Å². The van der Waals surface area contributed by atoms with E-state index in [4.69, 9.17) is 0 Å². The van der Waals surface area contributed by atoms with Crippen molar-refractivity contribution in [3.63, 3.8) is 0 Å². The SMILES string of the molecule is C=C1CC(C)(C)N2CCc3cccc1c32. The van der Waals surface area contributed by atoms with Gasteiger partial charge < -0.3 is 4.90 Å². The van der Waals surface area contributed by atoms with Gasteiger partial charge >= 0.3 is 0 Å². The van der Waals surface area contributed by atoms with E-state index in [1.807, 2.05) is 0 Å². The molecule has 1 nitrogen and oxygen atoms in total. The van der Waals surface area contributed by atoms with Crippen LogP contribution in [0.1, 0.15) is 31.4 Å². The Morgan fingerprint density at radius 3 is 2.93 bits per heavy atom. The van der Waals surface area contributed by atoms with Gasteiger partial charge in [-0.15, -0.1) is 0 Å². The van der Waals surface area contributed by atoms with Gasteiger partial charge in [0.05, 0.1) is 0 Å². The number of benzene rings is 1. The lowest BCUT2D eigenvalue weighted by Crippen LogP contribution is -2.45. The zero-order chi connectivity index (χ0) is 10.6. The van der Waals surface area contributed by atoms with E-state index >= 15 is 0 Å². The van der Waals surface area contributed by atoms with Crippen molar-refractivity contribution >= 4 is 11.3 Å². The third-order valence-electron chi connectivity index (χ3n) is 3.75. The normalized spacial score (nSPS) is 21.7. The fraction of sp³-hybridized carbons (Fsp3) is 0.429. The van der Waals surface area contributed by atoms with E-state index < -0.39 is 0 Å². The molecule has 1 heteroatoms. The van der Waals surface area contributed by atoms with Crippen molar-refractivity contribution in [3.8, 4) is 0 Å². The van der Waals surface area contributed by atoms with Gasteiger partial charge in [-0.05, 0) is 37.8 Å². The quantitative estimate of drug-likeness (QED) is 0.620. The van der Waals surface area contributed by atoms with Crippen molar-refractivity contribution in [1.82, 2.24) is 0 Å². The van der Waals surface area contributed by atoms with Gasteiger partial charge in [0.25, 0.3) is 0 Å². The predicted molar refractivity (Wildman–Crippen MR) is 65.2 cm³/mol. The minimum Gasteiger partial charge on any atom is -0.365 e. The van der Waals surface area contributed by atoms with E-state index in [0.29, 0.717) is 0 Å². The first-order chi connectivity index (χ1) is 7.09. The molecule has 0 spiro atoms. The summed E-state index contributed by atoms with van der Waals surface area (Å²) in [4.78, 5) is 2.56. The lowest BCUT2D eigenvalue weighted by molar-refractivity contribution is 0.474. The lowest BCUT2D eigenvalue weighted by atomic mass is 9.84. The minimum absolute atomic E-state index is 0.247. The molecule has 0 amide bonds. The van der Waals surface area contributed by atoms with Crippen molar-refractivity contribution in [3.05, 3.63) is 35.9 Å². The average Bonchev–Trinajstić information content (AvgIpc) is 2.58. The van der Waals surface area contributed by atoms with Crippen LogP contribution in [0.25, 0.3) is 5.57 Å². The van der Waals surface area contributed by atoms with Crippen molar-refractivity contribution < 1.29 is 0 Å². The molecule has 0 radical (unpaired) electrons. The molecule has 0 unspecified atom stereocenters. The molecule has 2 aliphatic rings. The van der Waals surface area contributed by atoms with Crippen LogP contribution in [0.3, 0.4) is 0 Å².